The fraction of sp³-hybridized carbons (Fsp3) is 0.619. The minimum absolute atomic E-state index is 0.0237. The summed E-state index contributed by atoms with van der Waals surface area (Å²) in [6.45, 7) is 5.42. The van der Waals surface area contributed by atoms with Gasteiger partial charge in [-0.15, -0.1) is 11.3 Å². The summed E-state index contributed by atoms with van der Waals surface area (Å²) < 4.78 is 45.7. The molecule has 2 fully saturated rings. The molecule has 0 aliphatic carbocycles. The summed E-state index contributed by atoms with van der Waals surface area (Å²) >= 11 is 1.46. The fourth-order valence-electron chi connectivity index (χ4n) is 3.81. The highest BCUT2D eigenvalue weighted by molar-refractivity contribution is 7.14. The van der Waals surface area contributed by atoms with Crippen LogP contribution in [-0.4, -0.2) is 96.7 Å². The van der Waals surface area contributed by atoms with Gasteiger partial charge >= 0.3 is 6.18 Å². The highest BCUT2D eigenvalue weighted by Gasteiger charge is 2.35. The first kappa shape index (κ1) is 25.4. The van der Waals surface area contributed by atoms with Crippen LogP contribution in [0.5, 0.6) is 0 Å². The maximum atomic E-state index is 13.5. The lowest BCUT2D eigenvalue weighted by Gasteiger charge is -2.32. The summed E-state index contributed by atoms with van der Waals surface area (Å²) in [6.07, 6.45) is -2.63. The molecule has 0 saturated carbocycles. The second kappa shape index (κ2) is 11.4. The van der Waals surface area contributed by atoms with Gasteiger partial charge in [0.05, 0.1) is 0 Å². The van der Waals surface area contributed by atoms with Crippen LogP contribution in [0, 0.1) is 0 Å². The predicted molar refractivity (Wildman–Crippen MR) is 127 cm³/mol. The molecule has 0 aromatic carbocycles. The van der Waals surface area contributed by atoms with Crippen LogP contribution in [0.4, 0.5) is 35.9 Å². The molecule has 0 bridgehead atoms. The molecule has 2 N–H and O–H groups in total. The van der Waals surface area contributed by atoms with Gasteiger partial charge in [-0.05, 0) is 19.9 Å². The second-order valence-corrected chi connectivity index (χ2v) is 9.29. The maximum absolute atomic E-state index is 13.5. The van der Waals surface area contributed by atoms with E-state index in [0.717, 1.165) is 43.9 Å². The normalized spacial score (nSPS) is 18.0. The average molecular weight is 515 g/mol. The molecule has 4 rings (SSSR count). The predicted octanol–water partition coefficient (Wildman–Crippen LogP) is 2.50. The average Bonchev–Trinajstić information content (AvgIpc) is 3.18. The Hall–Kier alpha value is -2.71. The number of halogens is 3. The fourth-order valence-corrected chi connectivity index (χ4v) is 4.62. The molecule has 14 heteroatoms. The molecule has 35 heavy (non-hydrogen) atoms. The van der Waals surface area contributed by atoms with Gasteiger partial charge in [0.15, 0.2) is 5.13 Å². The number of nitrogens with one attached hydrogen (secondary N) is 2. The molecule has 2 aromatic heterocycles. The summed E-state index contributed by atoms with van der Waals surface area (Å²) in [5.41, 5.74) is -0.946. The van der Waals surface area contributed by atoms with Crippen molar-refractivity contribution in [1.82, 2.24) is 24.8 Å². The van der Waals surface area contributed by atoms with Crippen molar-refractivity contribution in [3.05, 3.63) is 17.1 Å². The summed E-state index contributed by atoms with van der Waals surface area (Å²) in [7, 11) is 2.07. The highest BCUT2D eigenvalue weighted by Crippen LogP contribution is 2.34. The number of ether oxygens (including phenoxy) is 1. The Bertz CT molecular complexity index is 997. The smallest absolute Gasteiger partial charge is 0.372 e. The van der Waals surface area contributed by atoms with Gasteiger partial charge in [0.1, 0.15) is 23.8 Å². The van der Waals surface area contributed by atoms with Crippen molar-refractivity contribution in [1.29, 1.82) is 0 Å². The number of thiazole rings is 1. The topological polar surface area (TPSA) is 98.8 Å². The second-order valence-electron chi connectivity index (χ2n) is 8.45. The Kier molecular flexibility index (Phi) is 8.23. The number of piperazine rings is 1. The monoisotopic (exact) mass is 514 g/mol. The third-order valence-electron chi connectivity index (χ3n) is 5.79. The molecule has 2 aliphatic heterocycles. The summed E-state index contributed by atoms with van der Waals surface area (Å²) in [6, 6.07) is 0. The standard InChI is InChI=1S/C21H29F3N8O2S/c1-30-7-9-32(10-8-30)20-28-16(14-35-20)27-19-26-12-15(21(22,23)24)18(29-19)25-4-2-5-31-6-3-11-34-13-17(31)33/h12,14H,2-11,13H2,1H3,(H2,25,26,27,29). The van der Waals surface area contributed by atoms with E-state index in [1.807, 2.05) is 0 Å². The number of amides is 1. The summed E-state index contributed by atoms with van der Waals surface area (Å²) in [5, 5.41) is 8.32. The third kappa shape index (κ3) is 6.92. The molecule has 0 radical (unpaired) electrons. The van der Waals surface area contributed by atoms with E-state index in [-0.39, 0.29) is 30.8 Å². The molecule has 2 aliphatic rings. The zero-order valence-electron chi connectivity index (χ0n) is 19.5. The molecule has 4 heterocycles. The van der Waals surface area contributed by atoms with Crippen LogP contribution in [0.2, 0.25) is 0 Å². The van der Waals surface area contributed by atoms with Gasteiger partial charge in [0.25, 0.3) is 0 Å². The first-order valence-electron chi connectivity index (χ1n) is 11.5. The number of likely N-dealkylation sites (N-methyl/N-ethyl adjacent to an activating group) is 1. The van der Waals surface area contributed by atoms with Gasteiger partial charge in [-0.25, -0.2) is 9.97 Å². The van der Waals surface area contributed by atoms with Crippen LogP contribution < -0.4 is 15.5 Å². The van der Waals surface area contributed by atoms with Gasteiger partial charge in [-0.2, -0.15) is 18.2 Å². The van der Waals surface area contributed by atoms with E-state index in [1.54, 1.807) is 10.3 Å². The number of hydrogen-bond acceptors (Lipinski definition) is 10. The van der Waals surface area contributed by atoms with Gasteiger partial charge in [-0.1, -0.05) is 0 Å². The van der Waals surface area contributed by atoms with Gasteiger partial charge < -0.3 is 30.1 Å². The molecule has 192 valence electrons. The zero-order valence-corrected chi connectivity index (χ0v) is 20.3. The number of nitrogens with zero attached hydrogens (tertiary/aromatic N) is 6. The lowest BCUT2D eigenvalue weighted by Crippen LogP contribution is -2.44. The molecular formula is C21H29F3N8O2S. The van der Waals surface area contributed by atoms with E-state index >= 15 is 0 Å². The van der Waals surface area contributed by atoms with Crippen molar-refractivity contribution in [2.75, 3.05) is 81.6 Å². The number of carbonyl (C=O) groups excluding carboxylic acids is 1. The number of anilines is 4. The van der Waals surface area contributed by atoms with Crippen LogP contribution >= 0.6 is 11.3 Å². The van der Waals surface area contributed by atoms with E-state index in [1.165, 1.54) is 11.3 Å². The largest absolute Gasteiger partial charge is 0.421 e. The Morgan fingerprint density at radius 3 is 2.74 bits per heavy atom. The molecule has 1 amide bonds. The Morgan fingerprint density at radius 2 is 1.97 bits per heavy atom. The molecule has 10 nitrogen and oxygen atoms in total. The minimum Gasteiger partial charge on any atom is -0.372 e. The van der Waals surface area contributed by atoms with Crippen molar-refractivity contribution in [3.8, 4) is 0 Å². The first-order chi connectivity index (χ1) is 16.8. The van der Waals surface area contributed by atoms with Gasteiger partial charge in [0.2, 0.25) is 11.9 Å². The van der Waals surface area contributed by atoms with Crippen LogP contribution in [0.1, 0.15) is 18.4 Å². The summed E-state index contributed by atoms with van der Waals surface area (Å²) in [4.78, 5) is 30.6. The van der Waals surface area contributed by atoms with Gasteiger partial charge in [-0.3, -0.25) is 4.79 Å². The van der Waals surface area contributed by atoms with E-state index in [4.69, 9.17) is 4.74 Å². The molecule has 0 spiro atoms. The lowest BCUT2D eigenvalue weighted by atomic mass is 10.3. The van der Waals surface area contributed by atoms with Crippen LogP contribution in [0.25, 0.3) is 0 Å². The maximum Gasteiger partial charge on any atom is 0.421 e. The van der Waals surface area contributed by atoms with Crippen LogP contribution in [0.15, 0.2) is 11.6 Å². The number of carbonyl (C=O) groups is 1. The Labute approximate surface area is 205 Å². The van der Waals surface area contributed by atoms with E-state index in [2.05, 4.69) is 42.4 Å². The number of aromatic nitrogens is 3. The lowest BCUT2D eigenvalue weighted by molar-refractivity contribution is -0.137. The minimum atomic E-state index is -4.60. The van der Waals surface area contributed by atoms with Crippen LogP contribution in [-0.2, 0) is 15.7 Å². The van der Waals surface area contributed by atoms with Crippen molar-refractivity contribution < 1.29 is 22.7 Å². The highest BCUT2D eigenvalue weighted by atomic mass is 32.1. The van der Waals surface area contributed by atoms with E-state index < -0.39 is 11.7 Å². The Balaban J connectivity index is 1.38. The molecular weight excluding hydrogens is 485 g/mol. The summed E-state index contributed by atoms with van der Waals surface area (Å²) in [5.74, 6) is 0.0911. The van der Waals surface area contributed by atoms with Crippen molar-refractivity contribution in [3.63, 3.8) is 0 Å². The first-order valence-corrected chi connectivity index (χ1v) is 12.4. The number of rotatable bonds is 8. The number of hydrogen-bond donors (Lipinski definition) is 2. The SMILES string of the molecule is CN1CCN(c2nc(Nc3ncc(C(F)(F)F)c(NCCCN4CCCOCC4=O)n3)cs2)CC1. The van der Waals surface area contributed by atoms with Crippen molar-refractivity contribution >= 4 is 40.0 Å². The van der Waals surface area contributed by atoms with Crippen molar-refractivity contribution in [2.45, 2.75) is 19.0 Å². The number of alkyl halides is 3. The molecule has 2 aromatic rings. The van der Waals surface area contributed by atoms with Crippen LogP contribution in [0.3, 0.4) is 0 Å². The molecule has 2 saturated heterocycles. The van der Waals surface area contributed by atoms with E-state index in [0.29, 0.717) is 31.9 Å². The zero-order chi connectivity index (χ0) is 24.8. The quantitative estimate of drug-likeness (QED) is 0.515. The van der Waals surface area contributed by atoms with Gasteiger partial charge in [0, 0.05) is 64.0 Å². The van der Waals surface area contributed by atoms with Crippen molar-refractivity contribution in [2.24, 2.45) is 0 Å². The third-order valence-corrected chi connectivity index (χ3v) is 6.69. The Morgan fingerprint density at radius 1 is 1.17 bits per heavy atom. The molecule has 0 atom stereocenters. The molecule has 0 unspecified atom stereocenters. The van der Waals surface area contributed by atoms with E-state index in [9.17, 15) is 18.0 Å².